The largest absolute Gasteiger partial charge is 0.389 e. The van der Waals surface area contributed by atoms with Crippen LogP contribution >= 0.6 is 0 Å². The number of pyridine rings is 1. The Hall–Kier alpha value is -0.970. The van der Waals surface area contributed by atoms with Gasteiger partial charge in [-0.25, -0.2) is 0 Å². The zero-order valence-corrected chi connectivity index (χ0v) is 9.02. The Morgan fingerprint density at radius 1 is 1.53 bits per heavy atom. The summed E-state index contributed by atoms with van der Waals surface area (Å²) in [5.74, 6) is 0. The highest BCUT2D eigenvalue weighted by molar-refractivity contribution is 5.03. The molecule has 0 saturated heterocycles. The molecule has 0 radical (unpaired) electrons. The van der Waals surface area contributed by atoms with Gasteiger partial charge in [0.05, 0.1) is 12.7 Å². The highest BCUT2D eigenvalue weighted by atomic mass is 16.5. The standard InChI is InChI=1S/C11H18N2O2/c1-15-9-11(14)8-12-7-5-10-4-2-3-6-13-10/h2-4,6,11-12,14H,5,7-9H2,1H3/t11-/m0/s1. The molecule has 15 heavy (non-hydrogen) atoms. The van der Waals surface area contributed by atoms with Gasteiger partial charge in [0.2, 0.25) is 0 Å². The summed E-state index contributed by atoms with van der Waals surface area (Å²) in [5.41, 5.74) is 1.06. The van der Waals surface area contributed by atoms with Crippen molar-refractivity contribution in [1.29, 1.82) is 0 Å². The van der Waals surface area contributed by atoms with Gasteiger partial charge in [-0.1, -0.05) is 6.07 Å². The highest BCUT2D eigenvalue weighted by Crippen LogP contribution is 1.93. The normalized spacial score (nSPS) is 12.7. The SMILES string of the molecule is COC[C@@H](O)CNCCc1ccccn1. The van der Waals surface area contributed by atoms with Crippen LogP contribution < -0.4 is 5.32 Å². The zero-order valence-electron chi connectivity index (χ0n) is 9.02. The van der Waals surface area contributed by atoms with E-state index in [9.17, 15) is 5.11 Å². The molecular formula is C11H18N2O2. The van der Waals surface area contributed by atoms with Crippen LogP contribution in [0.15, 0.2) is 24.4 Å². The van der Waals surface area contributed by atoms with Gasteiger partial charge in [-0.2, -0.15) is 0 Å². The number of aliphatic hydroxyl groups is 1. The summed E-state index contributed by atoms with van der Waals surface area (Å²) in [5, 5.41) is 12.5. The monoisotopic (exact) mass is 210 g/mol. The molecule has 0 saturated carbocycles. The molecule has 0 aliphatic heterocycles. The summed E-state index contributed by atoms with van der Waals surface area (Å²) < 4.78 is 4.82. The second-order valence-electron chi connectivity index (χ2n) is 3.38. The van der Waals surface area contributed by atoms with Crippen molar-refractivity contribution >= 4 is 0 Å². The van der Waals surface area contributed by atoms with Crippen molar-refractivity contribution < 1.29 is 9.84 Å². The molecule has 1 atom stereocenters. The number of nitrogens with one attached hydrogen (secondary N) is 1. The highest BCUT2D eigenvalue weighted by Gasteiger charge is 2.01. The number of rotatable bonds is 7. The average molecular weight is 210 g/mol. The third-order valence-corrected chi connectivity index (χ3v) is 2.02. The van der Waals surface area contributed by atoms with Gasteiger partial charge >= 0.3 is 0 Å². The summed E-state index contributed by atoms with van der Waals surface area (Å²) in [6.07, 6.45) is 2.23. The van der Waals surface area contributed by atoms with Crippen molar-refractivity contribution in [1.82, 2.24) is 10.3 Å². The summed E-state index contributed by atoms with van der Waals surface area (Å²) in [6, 6.07) is 5.87. The maximum atomic E-state index is 9.34. The minimum atomic E-state index is -0.432. The first-order valence-corrected chi connectivity index (χ1v) is 5.10. The fourth-order valence-electron chi connectivity index (χ4n) is 1.28. The number of methoxy groups -OCH3 is 1. The second kappa shape index (κ2) is 7.34. The Labute approximate surface area is 90.3 Å². The van der Waals surface area contributed by atoms with Gasteiger partial charge < -0.3 is 15.2 Å². The van der Waals surface area contributed by atoms with E-state index in [2.05, 4.69) is 10.3 Å². The third kappa shape index (κ3) is 5.47. The first-order valence-electron chi connectivity index (χ1n) is 5.10. The topological polar surface area (TPSA) is 54.4 Å². The van der Waals surface area contributed by atoms with Crippen molar-refractivity contribution in [2.24, 2.45) is 0 Å². The van der Waals surface area contributed by atoms with E-state index < -0.39 is 6.10 Å². The maximum absolute atomic E-state index is 9.34. The second-order valence-corrected chi connectivity index (χ2v) is 3.38. The molecular weight excluding hydrogens is 192 g/mol. The van der Waals surface area contributed by atoms with Crippen molar-refractivity contribution in [2.75, 3.05) is 26.8 Å². The number of ether oxygens (including phenoxy) is 1. The van der Waals surface area contributed by atoms with E-state index in [1.54, 1.807) is 13.3 Å². The molecule has 0 amide bonds. The van der Waals surface area contributed by atoms with Crippen molar-refractivity contribution in [3.05, 3.63) is 30.1 Å². The molecule has 1 rings (SSSR count). The van der Waals surface area contributed by atoms with E-state index in [0.717, 1.165) is 18.7 Å². The van der Waals surface area contributed by atoms with Crippen LogP contribution in [0.1, 0.15) is 5.69 Å². The average Bonchev–Trinajstić information content (AvgIpc) is 2.26. The van der Waals surface area contributed by atoms with Crippen LogP contribution in [0, 0.1) is 0 Å². The summed E-state index contributed by atoms with van der Waals surface area (Å²) >= 11 is 0. The Morgan fingerprint density at radius 3 is 3.07 bits per heavy atom. The Bertz CT molecular complexity index is 254. The molecule has 0 bridgehead atoms. The predicted octanol–water partition coefficient (Wildman–Crippen LogP) is 0.221. The molecule has 2 N–H and O–H groups in total. The maximum Gasteiger partial charge on any atom is 0.0897 e. The van der Waals surface area contributed by atoms with Gasteiger partial charge in [0.15, 0.2) is 0 Å². The molecule has 84 valence electrons. The van der Waals surface area contributed by atoms with Crippen molar-refractivity contribution in [3.63, 3.8) is 0 Å². The van der Waals surface area contributed by atoms with E-state index >= 15 is 0 Å². The molecule has 1 heterocycles. The Morgan fingerprint density at radius 2 is 2.40 bits per heavy atom. The number of nitrogens with zero attached hydrogens (tertiary/aromatic N) is 1. The predicted molar refractivity (Wildman–Crippen MR) is 58.7 cm³/mol. The molecule has 4 heteroatoms. The van der Waals surface area contributed by atoms with Crippen LogP contribution in [0.4, 0.5) is 0 Å². The van der Waals surface area contributed by atoms with Crippen LogP contribution in [-0.2, 0) is 11.2 Å². The van der Waals surface area contributed by atoms with Gasteiger partial charge in [-0.05, 0) is 12.1 Å². The van der Waals surface area contributed by atoms with E-state index in [-0.39, 0.29) is 0 Å². The fraction of sp³-hybridized carbons (Fsp3) is 0.545. The molecule has 0 unspecified atom stereocenters. The molecule has 0 spiro atoms. The quantitative estimate of drug-likeness (QED) is 0.632. The minimum Gasteiger partial charge on any atom is -0.389 e. The lowest BCUT2D eigenvalue weighted by molar-refractivity contribution is 0.0648. The third-order valence-electron chi connectivity index (χ3n) is 2.02. The first kappa shape index (κ1) is 12.1. The lowest BCUT2D eigenvalue weighted by atomic mass is 10.2. The molecule has 4 nitrogen and oxygen atoms in total. The molecule has 1 aromatic heterocycles. The van der Waals surface area contributed by atoms with Crippen molar-refractivity contribution in [2.45, 2.75) is 12.5 Å². The van der Waals surface area contributed by atoms with Crippen LogP contribution in [0.2, 0.25) is 0 Å². The van der Waals surface area contributed by atoms with Gasteiger partial charge in [0.1, 0.15) is 0 Å². The lowest BCUT2D eigenvalue weighted by Crippen LogP contribution is -2.31. The van der Waals surface area contributed by atoms with E-state index in [0.29, 0.717) is 13.2 Å². The molecule has 0 fully saturated rings. The van der Waals surface area contributed by atoms with Crippen LogP contribution in [0.5, 0.6) is 0 Å². The number of hydrogen-bond acceptors (Lipinski definition) is 4. The van der Waals surface area contributed by atoms with Gasteiger partial charge in [0.25, 0.3) is 0 Å². The first-order chi connectivity index (χ1) is 7.33. The lowest BCUT2D eigenvalue weighted by Gasteiger charge is -2.10. The zero-order chi connectivity index (χ0) is 10.9. The fourth-order valence-corrected chi connectivity index (χ4v) is 1.28. The van der Waals surface area contributed by atoms with Crippen LogP contribution in [-0.4, -0.2) is 43.0 Å². The van der Waals surface area contributed by atoms with Gasteiger partial charge in [0, 0.05) is 38.5 Å². The number of aromatic nitrogens is 1. The number of aliphatic hydroxyl groups excluding tert-OH is 1. The molecule has 0 aromatic carbocycles. The van der Waals surface area contributed by atoms with Gasteiger partial charge in [-0.15, -0.1) is 0 Å². The molecule has 1 aromatic rings. The van der Waals surface area contributed by atoms with Crippen LogP contribution in [0.3, 0.4) is 0 Å². The molecule has 0 aliphatic carbocycles. The number of hydrogen-bond donors (Lipinski definition) is 2. The van der Waals surface area contributed by atoms with E-state index in [1.807, 2.05) is 18.2 Å². The smallest absolute Gasteiger partial charge is 0.0897 e. The van der Waals surface area contributed by atoms with Crippen LogP contribution in [0.25, 0.3) is 0 Å². The summed E-state index contributed by atoms with van der Waals surface area (Å²) in [7, 11) is 1.58. The van der Waals surface area contributed by atoms with Crippen molar-refractivity contribution in [3.8, 4) is 0 Å². The Kier molecular flexibility index (Phi) is 5.92. The Balaban J connectivity index is 2.07. The van der Waals surface area contributed by atoms with E-state index in [1.165, 1.54) is 0 Å². The summed E-state index contributed by atoms with van der Waals surface area (Å²) in [4.78, 5) is 4.20. The van der Waals surface area contributed by atoms with E-state index in [4.69, 9.17) is 4.74 Å². The van der Waals surface area contributed by atoms with Gasteiger partial charge in [-0.3, -0.25) is 4.98 Å². The minimum absolute atomic E-state index is 0.372. The summed E-state index contributed by atoms with van der Waals surface area (Å²) in [6.45, 7) is 1.75. The molecule has 0 aliphatic rings.